The van der Waals surface area contributed by atoms with Gasteiger partial charge >= 0.3 is 0 Å². The molecule has 0 radical (unpaired) electrons. The summed E-state index contributed by atoms with van der Waals surface area (Å²) in [6.45, 7) is 3.58. The predicted octanol–water partition coefficient (Wildman–Crippen LogP) is 2.80. The third kappa shape index (κ3) is 5.62. The number of amides is 2. The lowest BCUT2D eigenvalue weighted by Crippen LogP contribution is -2.42. The molecule has 2 N–H and O–H groups in total. The Morgan fingerprint density at radius 3 is 2.27 bits per heavy atom. The van der Waals surface area contributed by atoms with E-state index in [1.165, 1.54) is 4.68 Å². The van der Waals surface area contributed by atoms with E-state index >= 15 is 0 Å². The second-order valence-electron chi connectivity index (χ2n) is 7.75. The third-order valence-corrected chi connectivity index (χ3v) is 5.07. The van der Waals surface area contributed by atoms with Crippen molar-refractivity contribution in [2.24, 2.45) is 0 Å². The highest BCUT2D eigenvalue weighted by Gasteiger charge is 2.18. The summed E-state index contributed by atoms with van der Waals surface area (Å²) < 4.78 is 6.31. The highest BCUT2D eigenvalue weighted by atomic mass is 16.5. The number of fused-ring (bicyclic) bond motifs is 1. The van der Waals surface area contributed by atoms with E-state index in [1.807, 2.05) is 0 Å². The Labute approximate surface area is 190 Å². The Kier molecular flexibility index (Phi) is 7.55. The normalized spacial score (nSPS) is 10.8. The monoisotopic (exact) mass is 450 g/mol. The Morgan fingerprint density at radius 1 is 0.970 bits per heavy atom. The number of ketones is 1. The molecular formula is C24H26N4O5. The van der Waals surface area contributed by atoms with Crippen LogP contribution in [0.2, 0.25) is 0 Å². The van der Waals surface area contributed by atoms with Gasteiger partial charge in [0.15, 0.2) is 11.5 Å². The number of carbonyl (C=O) groups is 3. The van der Waals surface area contributed by atoms with Crippen molar-refractivity contribution in [3.63, 3.8) is 0 Å². The summed E-state index contributed by atoms with van der Waals surface area (Å²) >= 11 is 0. The van der Waals surface area contributed by atoms with Gasteiger partial charge in [0, 0.05) is 23.8 Å². The molecule has 0 saturated heterocycles. The van der Waals surface area contributed by atoms with Gasteiger partial charge in [-0.25, -0.2) is 4.68 Å². The van der Waals surface area contributed by atoms with Crippen molar-refractivity contribution < 1.29 is 19.1 Å². The van der Waals surface area contributed by atoms with Crippen LogP contribution in [-0.4, -0.2) is 34.5 Å². The number of hydrogen-bond donors (Lipinski definition) is 2. The largest absolute Gasteiger partial charge is 0.497 e. The molecule has 9 nitrogen and oxygen atoms in total. The van der Waals surface area contributed by atoms with Crippen LogP contribution in [0.4, 0.5) is 0 Å². The molecule has 0 aliphatic heterocycles. The van der Waals surface area contributed by atoms with Crippen LogP contribution in [0.25, 0.3) is 10.8 Å². The van der Waals surface area contributed by atoms with Crippen molar-refractivity contribution in [2.75, 3.05) is 7.11 Å². The Balaban J connectivity index is 1.58. The number of Topliss-reactive ketones (excluding diaryl/α,β-unsaturated/α-hetero) is 1. The van der Waals surface area contributed by atoms with E-state index in [4.69, 9.17) is 4.74 Å². The average Bonchev–Trinajstić information content (AvgIpc) is 2.82. The van der Waals surface area contributed by atoms with Crippen molar-refractivity contribution in [3.05, 3.63) is 70.1 Å². The van der Waals surface area contributed by atoms with Gasteiger partial charge in [-0.3, -0.25) is 30.0 Å². The summed E-state index contributed by atoms with van der Waals surface area (Å²) in [6.07, 6.45) is 0.576. The first-order chi connectivity index (χ1) is 15.8. The molecule has 0 atom stereocenters. The summed E-state index contributed by atoms with van der Waals surface area (Å²) in [5, 5.41) is 4.97. The molecule has 2 amide bonds. The van der Waals surface area contributed by atoms with Crippen LogP contribution in [-0.2, 0) is 4.79 Å². The number of ether oxygens (including phenoxy) is 1. The molecule has 0 aliphatic rings. The molecule has 0 spiro atoms. The van der Waals surface area contributed by atoms with Gasteiger partial charge < -0.3 is 4.74 Å². The van der Waals surface area contributed by atoms with Gasteiger partial charge in [-0.15, -0.1) is 0 Å². The summed E-state index contributed by atoms with van der Waals surface area (Å²) in [4.78, 5) is 49.7. The van der Waals surface area contributed by atoms with Crippen LogP contribution < -0.4 is 21.1 Å². The lowest BCUT2D eigenvalue weighted by Gasteiger charge is -2.13. The van der Waals surface area contributed by atoms with Crippen LogP contribution in [0.5, 0.6) is 5.75 Å². The van der Waals surface area contributed by atoms with Gasteiger partial charge in [-0.2, -0.15) is 5.10 Å². The SMILES string of the molecule is COc1ccc(C(=O)CCCC(=O)NNC(=O)c2nn(C(C)C)c(=O)c3ccccc23)cc1. The maximum absolute atomic E-state index is 12.7. The second kappa shape index (κ2) is 10.5. The van der Waals surface area contributed by atoms with Gasteiger partial charge in [0.05, 0.1) is 18.5 Å². The average molecular weight is 450 g/mol. The molecule has 0 bridgehead atoms. The zero-order valence-electron chi connectivity index (χ0n) is 18.8. The number of nitrogens with zero attached hydrogens (tertiary/aromatic N) is 2. The van der Waals surface area contributed by atoms with E-state index in [1.54, 1.807) is 69.5 Å². The number of rotatable bonds is 8. The fourth-order valence-corrected chi connectivity index (χ4v) is 3.30. The molecule has 33 heavy (non-hydrogen) atoms. The standard InChI is InChI=1S/C24H26N4O5/c1-15(2)28-24(32)19-8-5-4-7-18(19)22(27-28)23(31)26-25-21(30)10-6-9-20(29)16-11-13-17(33-3)14-12-16/h4-5,7-8,11-15H,6,9-10H2,1-3H3,(H,25,30)(H,26,31). The summed E-state index contributed by atoms with van der Waals surface area (Å²) in [6, 6.07) is 13.2. The van der Waals surface area contributed by atoms with E-state index in [9.17, 15) is 19.2 Å². The molecule has 172 valence electrons. The first-order valence-corrected chi connectivity index (χ1v) is 10.6. The van der Waals surface area contributed by atoms with Crippen LogP contribution >= 0.6 is 0 Å². The Bertz CT molecular complexity index is 1230. The molecule has 0 saturated carbocycles. The van der Waals surface area contributed by atoms with Crippen LogP contribution in [0.3, 0.4) is 0 Å². The summed E-state index contributed by atoms with van der Waals surface area (Å²) in [7, 11) is 1.55. The third-order valence-electron chi connectivity index (χ3n) is 5.07. The number of nitrogens with one attached hydrogen (secondary N) is 2. The zero-order chi connectivity index (χ0) is 24.0. The van der Waals surface area contributed by atoms with E-state index < -0.39 is 11.8 Å². The molecule has 3 rings (SSSR count). The molecule has 1 heterocycles. The van der Waals surface area contributed by atoms with Crippen LogP contribution in [0.15, 0.2) is 53.3 Å². The van der Waals surface area contributed by atoms with Crippen molar-refractivity contribution in [3.8, 4) is 5.75 Å². The first kappa shape index (κ1) is 23.6. The topological polar surface area (TPSA) is 119 Å². The lowest BCUT2D eigenvalue weighted by atomic mass is 10.1. The highest BCUT2D eigenvalue weighted by Crippen LogP contribution is 2.15. The fraction of sp³-hybridized carbons (Fsp3) is 0.292. The molecule has 0 unspecified atom stereocenters. The minimum Gasteiger partial charge on any atom is -0.497 e. The molecule has 2 aromatic carbocycles. The maximum atomic E-state index is 12.7. The number of benzene rings is 2. The first-order valence-electron chi connectivity index (χ1n) is 10.6. The van der Waals surface area contributed by atoms with Crippen LogP contribution in [0.1, 0.15) is 60.0 Å². The van der Waals surface area contributed by atoms with Gasteiger partial charge in [0.1, 0.15) is 5.75 Å². The number of methoxy groups -OCH3 is 1. The molecule has 1 aromatic heterocycles. The van der Waals surface area contributed by atoms with Crippen molar-refractivity contribution in [2.45, 2.75) is 39.2 Å². The number of carbonyl (C=O) groups excluding carboxylic acids is 3. The summed E-state index contributed by atoms with van der Waals surface area (Å²) in [5.41, 5.74) is 4.98. The number of hydrazine groups is 1. The molecular weight excluding hydrogens is 424 g/mol. The van der Waals surface area contributed by atoms with E-state index in [0.717, 1.165) is 0 Å². The molecule has 3 aromatic rings. The highest BCUT2D eigenvalue weighted by molar-refractivity contribution is 6.05. The van der Waals surface area contributed by atoms with Crippen LogP contribution in [0, 0.1) is 0 Å². The van der Waals surface area contributed by atoms with E-state index in [2.05, 4.69) is 16.0 Å². The minimum absolute atomic E-state index is 0.0360. The lowest BCUT2D eigenvalue weighted by molar-refractivity contribution is -0.121. The molecule has 0 aliphatic carbocycles. The maximum Gasteiger partial charge on any atom is 0.290 e. The van der Waals surface area contributed by atoms with Gasteiger partial charge in [-0.05, 0) is 50.6 Å². The Hall–Kier alpha value is -4.01. The summed E-state index contributed by atoms with van der Waals surface area (Å²) in [5.74, 6) is -0.496. The van der Waals surface area contributed by atoms with E-state index in [-0.39, 0.29) is 35.9 Å². The second-order valence-corrected chi connectivity index (χ2v) is 7.75. The number of aromatic nitrogens is 2. The van der Waals surface area contributed by atoms with Gasteiger partial charge in [0.25, 0.3) is 11.5 Å². The Morgan fingerprint density at radius 2 is 1.64 bits per heavy atom. The smallest absolute Gasteiger partial charge is 0.290 e. The van der Waals surface area contributed by atoms with E-state index in [0.29, 0.717) is 28.5 Å². The van der Waals surface area contributed by atoms with Crippen molar-refractivity contribution >= 4 is 28.4 Å². The molecule has 0 fully saturated rings. The fourth-order valence-electron chi connectivity index (χ4n) is 3.30. The van der Waals surface area contributed by atoms with Gasteiger partial charge in [0.2, 0.25) is 5.91 Å². The molecule has 9 heteroatoms. The minimum atomic E-state index is -0.636. The quantitative estimate of drug-likeness (QED) is 0.402. The van der Waals surface area contributed by atoms with Crippen molar-refractivity contribution in [1.29, 1.82) is 0 Å². The zero-order valence-corrected chi connectivity index (χ0v) is 18.8. The number of hydrogen-bond acceptors (Lipinski definition) is 6. The van der Waals surface area contributed by atoms with Gasteiger partial charge in [-0.1, -0.05) is 18.2 Å². The predicted molar refractivity (Wildman–Crippen MR) is 123 cm³/mol. The van der Waals surface area contributed by atoms with Crippen molar-refractivity contribution in [1.82, 2.24) is 20.6 Å².